The molecule has 5 atom stereocenters. The fourth-order valence-corrected chi connectivity index (χ4v) is 2.81. The fourth-order valence-electron chi connectivity index (χ4n) is 2.81. The summed E-state index contributed by atoms with van der Waals surface area (Å²) in [6.45, 7) is 6.61. The van der Waals surface area contributed by atoms with Crippen LogP contribution in [0.15, 0.2) is 12.2 Å². The first-order chi connectivity index (χ1) is 12.1. The summed E-state index contributed by atoms with van der Waals surface area (Å²) in [6.07, 6.45) is 4.12. The minimum Gasteiger partial charge on any atom is -0.464 e. The third-order valence-corrected chi connectivity index (χ3v) is 4.46. The van der Waals surface area contributed by atoms with Crippen LogP contribution in [0.3, 0.4) is 0 Å². The van der Waals surface area contributed by atoms with Crippen LogP contribution < -0.4 is 5.32 Å². The van der Waals surface area contributed by atoms with Gasteiger partial charge in [-0.15, -0.1) is 0 Å². The van der Waals surface area contributed by atoms with E-state index in [1.807, 2.05) is 6.08 Å². The highest BCUT2D eigenvalue weighted by molar-refractivity contribution is 5.85. The molecule has 0 aromatic carbocycles. The molecule has 0 aromatic rings. The van der Waals surface area contributed by atoms with E-state index in [1.165, 1.54) is 13.8 Å². The van der Waals surface area contributed by atoms with Gasteiger partial charge in [0.1, 0.15) is 24.6 Å². The Morgan fingerprint density at radius 3 is 2.65 bits per heavy atom. The summed E-state index contributed by atoms with van der Waals surface area (Å²) in [5, 5.41) is 12.2. The van der Waals surface area contributed by atoms with Gasteiger partial charge in [0.15, 0.2) is 5.79 Å². The van der Waals surface area contributed by atoms with Crippen LogP contribution in [0.25, 0.3) is 0 Å². The highest BCUT2D eigenvalue weighted by atomic mass is 16.6. The predicted molar refractivity (Wildman–Crippen MR) is 90.8 cm³/mol. The lowest BCUT2D eigenvalue weighted by Gasteiger charge is -2.26. The number of nitrogens with one attached hydrogen (secondary N) is 1. The van der Waals surface area contributed by atoms with Crippen LogP contribution >= 0.6 is 0 Å². The largest absolute Gasteiger partial charge is 0.464 e. The van der Waals surface area contributed by atoms with E-state index in [2.05, 4.69) is 5.32 Å². The van der Waals surface area contributed by atoms with Crippen molar-refractivity contribution in [3.8, 4) is 0 Å². The van der Waals surface area contributed by atoms with E-state index in [-0.39, 0.29) is 37.7 Å². The fraction of sp³-hybridized carbons (Fsp3) is 0.722. The maximum absolute atomic E-state index is 12.2. The van der Waals surface area contributed by atoms with Gasteiger partial charge in [-0.05, 0) is 20.8 Å². The molecule has 0 bridgehead atoms. The Morgan fingerprint density at radius 2 is 2.12 bits per heavy atom. The van der Waals surface area contributed by atoms with Gasteiger partial charge in [-0.3, -0.25) is 9.59 Å². The Balaban J connectivity index is 1.65. The number of carbonyl (C=O) groups is 3. The topological polar surface area (TPSA) is 114 Å². The van der Waals surface area contributed by atoms with Crippen LogP contribution in [0.4, 0.5) is 0 Å². The summed E-state index contributed by atoms with van der Waals surface area (Å²) < 4.78 is 15.8. The molecule has 1 saturated heterocycles. The van der Waals surface area contributed by atoms with Crippen LogP contribution in [-0.4, -0.2) is 60.5 Å². The zero-order chi connectivity index (χ0) is 19.5. The summed E-state index contributed by atoms with van der Waals surface area (Å²) in [5.74, 6) is -3.20. The summed E-state index contributed by atoms with van der Waals surface area (Å²) in [5.41, 5.74) is -0.649. The molecule has 2 aliphatic rings. The average Bonchev–Trinajstić information content (AvgIpc) is 3.32. The zero-order valence-electron chi connectivity index (χ0n) is 15.6. The molecule has 2 N–H and O–H groups in total. The van der Waals surface area contributed by atoms with Crippen LogP contribution in [0.5, 0.6) is 0 Å². The molecule has 1 amide bonds. The lowest BCUT2D eigenvalue weighted by atomic mass is 9.76. The lowest BCUT2D eigenvalue weighted by Crippen LogP contribution is -2.45. The monoisotopic (exact) mass is 369 g/mol. The van der Waals surface area contributed by atoms with Crippen LogP contribution in [-0.2, 0) is 28.6 Å². The Bertz CT molecular complexity index is 583. The van der Waals surface area contributed by atoms with Gasteiger partial charge in [0.05, 0.1) is 25.0 Å². The van der Waals surface area contributed by atoms with Gasteiger partial charge in [0.2, 0.25) is 5.91 Å². The first kappa shape index (κ1) is 20.5. The molecule has 1 aliphatic heterocycles. The summed E-state index contributed by atoms with van der Waals surface area (Å²) in [6, 6.07) is 0. The molecule has 1 fully saturated rings. The van der Waals surface area contributed by atoms with E-state index >= 15 is 0 Å². The second kappa shape index (κ2) is 7.85. The number of esters is 1. The SMILES string of the molecule is CC(COC(C)(C)O)C(=O)OCCNC(=O)C1C=CC12OC2C(C)C=O. The van der Waals surface area contributed by atoms with Crippen LogP contribution in [0.1, 0.15) is 27.7 Å². The average molecular weight is 369 g/mol. The van der Waals surface area contributed by atoms with Crippen molar-refractivity contribution in [2.24, 2.45) is 17.8 Å². The van der Waals surface area contributed by atoms with Crippen molar-refractivity contribution in [1.29, 1.82) is 0 Å². The highest BCUT2D eigenvalue weighted by Crippen LogP contribution is 2.53. The molecule has 8 nitrogen and oxygen atoms in total. The van der Waals surface area contributed by atoms with Gasteiger partial charge >= 0.3 is 5.97 Å². The first-order valence-corrected chi connectivity index (χ1v) is 8.74. The number of carbonyl (C=O) groups excluding carboxylic acids is 3. The molecule has 26 heavy (non-hydrogen) atoms. The normalized spacial score (nSPS) is 28.8. The van der Waals surface area contributed by atoms with Crippen molar-refractivity contribution >= 4 is 18.2 Å². The number of aliphatic hydroxyl groups is 1. The molecule has 0 aromatic heterocycles. The van der Waals surface area contributed by atoms with Crippen molar-refractivity contribution in [3.63, 3.8) is 0 Å². The Hall–Kier alpha value is -1.77. The Morgan fingerprint density at radius 1 is 1.42 bits per heavy atom. The van der Waals surface area contributed by atoms with Crippen molar-refractivity contribution in [2.45, 2.75) is 45.2 Å². The molecule has 1 spiro atoms. The lowest BCUT2D eigenvalue weighted by molar-refractivity contribution is -0.188. The van der Waals surface area contributed by atoms with Gasteiger partial charge in [0, 0.05) is 5.92 Å². The van der Waals surface area contributed by atoms with Crippen molar-refractivity contribution in [1.82, 2.24) is 5.32 Å². The molecule has 0 radical (unpaired) electrons. The van der Waals surface area contributed by atoms with Gasteiger partial charge in [-0.1, -0.05) is 19.1 Å². The standard InChI is InChI=1S/C18H27NO7/c1-11(9-20)14-18(26-14)6-5-13(18)15(21)19-7-8-24-16(22)12(2)10-25-17(3,4)23/h5-6,9,11-14,23H,7-8,10H2,1-4H3,(H,19,21). The molecule has 5 unspecified atom stereocenters. The quantitative estimate of drug-likeness (QED) is 0.141. The van der Waals surface area contributed by atoms with E-state index in [0.29, 0.717) is 0 Å². The van der Waals surface area contributed by atoms with Gasteiger partial charge in [-0.25, -0.2) is 0 Å². The van der Waals surface area contributed by atoms with E-state index in [1.54, 1.807) is 19.9 Å². The van der Waals surface area contributed by atoms with Gasteiger partial charge in [0.25, 0.3) is 0 Å². The summed E-state index contributed by atoms with van der Waals surface area (Å²) >= 11 is 0. The zero-order valence-corrected chi connectivity index (χ0v) is 15.6. The minimum atomic E-state index is -1.31. The van der Waals surface area contributed by atoms with E-state index in [0.717, 1.165) is 6.29 Å². The highest BCUT2D eigenvalue weighted by Gasteiger charge is 2.66. The maximum atomic E-state index is 12.2. The number of aldehydes is 1. The van der Waals surface area contributed by atoms with Crippen molar-refractivity contribution < 1.29 is 33.7 Å². The van der Waals surface area contributed by atoms with Crippen LogP contribution in [0.2, 0.25) is 0 Å². The number of ether oxygens (including phenoxy) is 3. The third-order valence-electron chi connectivity index (χ3n) is 4.46. The molecule has 1 heterocycles. The second-order valence-corrected chi connectivity index (χ2v) is 7.34. The van der Waals surface area contributed by atoms with Crippen molar-refractivity contribution in [2.75, 3.05) is 19.8 Å². The van der Waals surface area contributed by atoms with E-state index < -0.39 is 29.2 Å². The summed E-state index contributed by atoms with van der Waals surface area (Å²) in [7, 11) is 0. The first-order valence-electron chi connectivity index (χ1n) is 8.74. The van der Waals surface area contributed by atoms with Crippen molar-refractivity contribution in [3.05, 3.63) is 12.2 Å². The molecular weight excluding hydrogens is 342 g/mol. The molecule has 0 saturated carbocycles. The van der Waals surface area contributed by atoms with E-state index in [9.17, 15) is 19.5 Å². The third kappa shape index (κ3) is 4.69. The van der Waals surface area contributed by atoms with Crippen LogP contribution in [0, 0.1) is 17.8 Å². The minimum absolute atomic E-state index is 0.0376. The molecule has 1 aliphatic carbocycles. The number of rotatable bonds is 10. The molecule has 8 heteroatoms. The molecule has 146 valence electrons. The number of epoxide rings is 1. The maximum Gasteiger partial charge on any atom is 0.311 e. The smallest absolute Gasteiger partial charge is 0.311 e. The molecular formula is C18H27NO7. The second-order valence-electron chi connectivity index (χ2n) is 7.34. The number of hydrogen-bond acceptors (Lipinski definition) is 7. The Kier molecular flexibility index (Phi) is 6.21. The predicted octanol–water partition coefficient (Wildman–Crippen LogP) is 0.186. The van der Waals surface area contributed by atoms with Gasteiger partial charge < -0.3 is 29.4 Å². The Labute approximate surface area is 152 Å². The number of hydrogen-bond donors (Lipinski definition) is 2. The number of amides is 1. The van der Waals surface area contributed by atoms with Gasteiger partial charge in [-0.2, -0.15) is 0 Å². The summed E-state index contributed by atoms with van der Waals surface area (Å²) in [4.78, 5) is 34.9. The molecule has 2 rings (SSSR count). The van der Waals surface area contributed by atoms with E-state index in [4.69, 9.17) is 14.2 Å².